The van der Waals surface area contributed by atoms with Crippen LogP contribution in [0.3, 0.4) is 0 Å². The van der Waals surface area contributed by atoms with Crippen molar-refractivity contribution in [1.82, 2.24) is 10.6 Å². The zero-order valence-electron chi connectivity index (χ0n) is 17.9. The highest BCUT2D eigenvalue weighted by Crippen LogP contribution is 2.42. The molecule has 0 saturated heterocycles. The zero-order valence-corrected chi connectivity index (χ0v) is 17.9. The number of rotatable bonds is 14. The molecular weight excluding hydrogens is 304 g/mol. The van der Waals surface area contributed by atoms with E-state index in [9.17, 15) is 0 Å². The van der Waals surface area contributed by atoms with E-state index in [1.807, 2.05) is 0 Å². The second-order valence-corrected chi connectivity index (χ2v) is 8.21. The average molecular weight is 349 g/mol. The summed E-state index contributed by atoms with van der Waals surface area (Å²) in [4.78, 5) is 0. The molecule has 2 heteroatoms. The molecule has 0 fully saturated rings. The van der Waals surface area contributed by atoms with Crippen molar-refractivity contribution in [3.05, 3.63) is 22.3 Å². The second kappa shape index (κ2) is 12.7. The standard InChI is InChI=1S/C23H44N2/c1-7-9-13-24-15-11-20-17-22(18(3)4)23(19(5)6)21(20)12-16-25-14-10-8-2/h18-19,24-25H,7-17H2,1-6H3. The molecule has 0 saturated carbocycles. The Labute approximate surface area is 157 Å². The van der Waals surface area contributed by atoms with Crippen molar-refractivity contribution in [2.45, 2.75) is 86.5 Å². The average Bonchev–Trinajstić information content (AvgIpc) is 2.93. The summed E-state index contributed by atoms with van der Waals surface area (Å²) in [6, 6.07) is 0. The summed E-state index contributed by atoms with van der Waals surface area (Å²) in [6.45, 7) is 18.6. The molecule has 0 aliphatic heterocycles. The Balaban J connectivity index is 2.74. The first-order chi connectivity index (χ1) is 12.0. The zero-order chi connectivity index (χ0) is 18.7. The maximum absolute atomic E-state index is 3.65. The second-order valence-electron chi connectivity index (χ2n) is 8.21. The molecule has 0 heterocycles. The molecule has 146 valence electrons. The molecule has 25 heavy (non-hydrogen) atoms. The van der Waals surface area contributed by atoms with Crippen LogP contribution < -0.4 is 10.6 Å². The minimum atomic E-state index is 0.647. The lowest BCUT2D eigenvalue weighted by molar-refractivity contribution is 0.624. The molecule has 1 rings (SSSR count). The number of unbranched alkanes of at least 4 members (excludes halogenated alkanes) is 2. The molecule has 0 radical (unpaired) electrons. The summed E-state index contributed by atoms with van der Waals surface area (Å²) < 4.78 is 0. The SMILES string of the molecule is CCCCNCCC1=C(CCNCCCC)C(C(C)C)=C(C(C)C)C1. The molecule has 0 aromatic heterocycles. The summed E-state index contributed by atoms with van der Waals surface area (Å²) >= 11 is 0. The highest BCUT2D eigenvalue weighted by molar-refractivity contribution is 5.49. The first kappa shape index (κ1) is 22.4. The first-order valence-electron chi connectivity index (χ1n) is 10.9. The van der Waals surface area contributed by atoms with E-state index < -0.39 is 0 Å². The maximum atomic E-state index is 3.65. The van der Waals surface area contributed by atoms with Crippen molar-refractivity contribution < 1.29 is 0 Å². The van der Waals surface area contributed by atoms with E-state index in [1.165, 1.54) is 51.5 Å². The van der Waals surface area contributed by atoms with Gasteiger partial charge in [-0.25, -0.2) is 0 Å². The summed E-state index contributed by atoms with van der Waals surface area (Å²) in [5, 5.41) is 7.29. The number of nitrogens with one attached hydrogen (secondary N) is 2. The van der Waals surface area contributed by atoms with Gasteiger partial charge in [0.1, 0.15) is 0 Å². The van der Waals surface area contributed by atoms with Crippen LogP contribution in [-0.2, 0) is 0 Å². The fourth-order valence-corrected chi connectivity index (χ4v) is 3.91. The summed E-state index contributed by atoms with van der Waals surface area (Å²) in [6.07, 6.45) is 8.79. The van der Waals surface area contributed by atoms with Gasteiger partial charge >= 0.3 is 0 Å². The van der Waals surface area contributed by atoms with Crippen LogP contribution in [0.25, 0.3) is 0 Å². The Bertz CT molecular complexity index is 429. The monoisotopic (exact) mass is 348 g/mol. The molecule has 0 unspecified atom stereocenters. The van der Waals surface area contributed by atoms with Crippen LogP contribution in [0.1, 0.15) is 86.5 Å². The Morgan fingerprint density at radius 2 is 1.32 bits per heavy atom. The van der Waals surface area contributed by atoms with Crippen molar-refractivity contribution in [3.8, 4) is 0 Å². The van der Waals surface area contributed by atoms with Crippen LogP contribution in [0.2, 0.25) is 0 Å². The van der Waals surface area contributed by atoms with Gasteiger partial charge in [-0.2, -0.15) is 0 Å². The lowest BCUT2D eigenvalue weighted by Crippen LogP contribution is -2.19. The van der Waals surface area contributed by atoms with E-state index in [0.29, 0.717) is 11.8 Å². The van der Waals surface area contributed by atoms with E-state index in [-0.39, 0.29) is 0 Å². The van der Waals surface area contributed by atoms with Crippen LogP contribution in [0.15, 0.2) is 22.3 Å². The van der Waals surface area contributed by atoms with E-state index in [1.54, 1.807) is 22.3 Å². The van der Waals surface area contributed by atoms with E-state index >= 15 is 0 Å². The molecule has 0 bridgehead atoms. The van der Waals surface area contributed by atoms with Crippen LogP contribution >= 0.6 is 0 Å². The van der Waals surface area contributed by atoms with Crippen molar-refractivity contribution in [2.24, 2.45) is 11.8 Å². The highest BCUT2D eigenvalue weighted by atomic mass is 14.8. The largest absolute Gasteiger partial charge is 0.316 e. The van der Waals surface area contributed by atoms with Crippen molar-refractivity contribution >= 4 is 0 Å². The highest BCUT2D eigenvalue weighted by Gasteiger charge is 2.26. The van der Waals surface area contributed by atoms with Gasteiger partial charge in [-0.3, -0.25) is 0 Å². The Hall–Kier alpha value is -0.600. The quantitative estimate of drug-likeness (QED) is 0.384. The van der Waals surface area contributed by atoms with Gasteiger partial charge in [-0.15, -0.1) is 0 Å². The molecule has 0 aromatic carbocycles. The molecule has 0 spiro atoms. The first-order valence-corrected chi connectivity index (χ1v) is 10.9. The fourth-order valence-electron chi connectivity index (χ4n) is 3.91. The lowest BCUT2D eigenvalue weighted by atomic mass is 9.88. The van der Waals surface area contributed by atoms with Gasteiger partial charge in [-0.1, -0.05) is 65.5 Å². The van der Waals surface area contributed by atoms with Crippen LogP contribution in [0.5, 0.6) is 0 Å². The van der Waals surface area contributed by atoms with Gasteiger partial charge in [0, 0.05) is 0 Å². The molecule has 0 atom stereocenters. The maximum Gasteiger partial charge on any atom is -0.000826 e. The Morgan fingerprint density at radius 1 is 0.760 bits per heavy atom. The number of hydrogen-bond acceptors (Lipinski definition) is 2. The van der Waals surface area contributed by atoms with Crippen LogP contribution in [-0.4, -0.2) is 26.2 Å². The third kappa shape index (κ3) is 7.66. The summed E-state index contributed by atoms with van der Waals surface area (Å²) in [5.41, 5.74) is 6.81. The minimum absolute atomic E-state index is 0.647. The third-order valence-corrected chi connectivity index (χ3v) is 5.35. The van der Waals surface area contributed by atoms with Gasteiger partial charge in [0.15, 0.2) is 0 Å². The molecule has 1 aliphatic carbocycles. The molecule has 0 aromatic rings. The predicted molar refractivity (Wildman–Crippen MR) is 113 cm³/mol. The summed E-state index contributed by atoms with van der Waals surface area (Å²) in [7, 11) is 0. The van der Waals surface area contributed by atoms with Gasteiger partial charge in [-0.05, 0) is 81.3 Å². The van der Waals surface area contributed by atoms with Crippen molar-refractivity contribution in [3.63, 3.8) is 0 Å². The topological polar surface area (TPSA) is 24.1 Å². The number of allylic oxidation sites excluding steroid dienone is 2. The fraction of sp³-hybridized carbons (Fsp3) is 0.826. The Morgan fingerprint density at radius 3 is 1.80 bits per heavy atom. The van der Waals surface area contributed by atoms with Gasteiger partial charge in [0.05, 0.1) is 0 Å². The minimum Gasteiger partial charge on any atom is -0.316 e. The van der Waals surface area contributed by atoms with E-state index in [4.69, 9.17) is 0 Å². The van der Waals surface area contributed by atoms with Crippen LogP contribution in [0, 0.1) is 11.8 Å². The van der Waals surface area contributed by atoms with Crippen molar-refractivity contribution in [1.29, 1.82) is 0 Å². The van der Waals surface area contributed by atoms with Crippen LogP contribution in [0.4, 0.5) is 0 Å². The smallest absolute Gasteiger partial charge is 0.000826 e. The molecule has 2 N–H and O–H groups in total. The normalized spacial score (nSPS) is 15.4. The summed E-state index contributed by atoms with van der Waals surface area (Å²) in [5.74, 6) is 1.32. The third-order valence-electron chi connectivity index (χ3n) is 5.35. The lowest BCUT2D eigenvalue weighted by Gasteiger charge is -2.18. The molecule has 2 nitrogen and oxygen atoms in total. The van der Waals surface area contributed by atoms with E-state index in [0.717, 1.165) is 19.6 Å². The Kier molecular flexibility index (Phi) is 11.4. The van der Waals surface area contributed by atoms with Gasteiger partial charge in [0.2, 0.25) is 0 Å². The van der Waals surface area contributed by atoms with Gasteiger partial charge in [0.25, 0.3) is 0 Å². The van der Waals surface area contributed by atoms with E-state index in [2.05, 4.69) is 52.2 Å². The molecule has 1 aliphatic rings. The molecular formula is C23H44N2. The van der Waals surface area contributed by atoms with Crippen molar-refractivity contribution in [2.75, 3.05) is 26.2 Å². The number of hydrogen-bond donors (Lipinski definition) is 2. The van der Waals surface area contributed by atoms with Gasteiger partial charge < -0.3 is 10.6 Å². The molecule has 0 amide bonds. The predicted octanol–water partition coefficient (Wildman–Crippen LogP) is 5.85.